The molecule has 0 saturated heterocycles. The molecule has 1 amide bonds. The molecule has 2 aromatic carbocycles. The Morgan fingerprint density at radius 3 is 2.59 bits per heavy atom. The van der Waals surface area contributed by atoms with E-state index in [4.69, 9.17) is 9.15 Å². The van der Waals surface area contributed by atoms with Gasteiger partial charge in [-0.15, -0.1) is 0 Å². The average molecular weight is 366 g/mol. The molecular weight excluding hydrogens is 347 g/mol. The summed E-state index contributed by atoms with van der Waals surface area (Å²) in [6.45, 7) is 5.24. The van der Waals surface area contributed by atoms with E-state index in [1.807, 2.05) is 18.2 Å². The second-order valence-corrected chi connectivity index (χ2v) is 7.27. The van der Waals surface area contributed by atoms with Crippen molar-refractivity contribution in [1.29, 1.82) is 5.26 Å². The third-order valence-electron chi connectivity index (χ3n) is 3.87. The van der Waals surface area contributed by atoms with Crippen LogP contribution in [0.1, 0.15) is 26.3 Å². The van der Waals surface area contributed by atoms with Crippen molar-refractivity contribution in [2.24, 2.45) is 10.9 Å². The van der Waals surface area contributed by atoms with E-state index in [9.17, 15) is 14.4 Å². The number of hydrogen-bond donors (Lipinski definition) is 0. The summed E-state index contributed by atoms with van der Waals surface area (Å²) in [4.78, 5) is 15.4. The highest BCUT2D eigenvalue weighted by molar-refractivity contribution is 6.04. The number of nitriles is 1. The number of amides is 1. The molecule has 1 heterocycles. The molecule has 0 aliphatic carbocycles. The average Bonchev–Trinajstić information content (AvgIpc) is 2.93. The first-order chi connectivity index (χ1) is 12.7. The van der Waals surface area contributed by atoms with E-state index in [2.05, 4.69) is 11.1 Å². The maximum Gasteiger partial charge on any atom is 0.433 e. The fraction of sp³-hybridized carbons (Fsp3) is 0.286. The molecule has 0 aliphatic heterocycles. The van der Waals surface area contributed by atoms with Crippen LogP contribution in [-0.4, -0.2) is 17.9 Å². The number of benzene rings is 2. The Morgan fingerprint density at radius 1 is 1.26 bits per heavy atom. The van der Waals surface area contributed by atoms with E-state index in [0.717, 1.165) is 16.3 Å². The van der Waals surface area contributed by atoms with E-state index in [1.165, 1.54) is 18.3 Å². The normalized spacial score (nSPS) is 13.1. The zero-order valence-corrected chi connectivity index (χ0v) is 15.3. The summed E-state index contributed by atoms with van der Waals surface area (Å²) in [5.74, 6) is -0.943. The van der Waals surface area contributed by atoms with Crippen molar-refractivity contribution in [2.45, 2.75) is 32.8 Å². The lowest BCUT2D eigenvalue weighted by Crippen LogP contribution is -2.22. The number of rotatable bonds is 3. The predicted molar refractivity (Wildman–Crippen MR) is 101 cm³/mol. The highest BCUT2D eigenvalue weighted by Crippen LogP contribution is 2.30. The first kappa shape index (κ1) is 18.6. The molecule has 0 fully saturated rings. The van der Waals surface area contributed by atoms with Gasteiger partial charge in [0, 0.05) is 23.1 Å². The standard InChI is InChI=1S/C21H19FN2O3/c1-21(2,3)27-20(25)24-12-14(11-23)8-13-4-6-16-17-7-5-15(22)10-19(17)26-18(16)9-13/h4-7,9-10,12,14H,8H2,1-3H3/b24-12-. The zero-order chi connectivity index (χ0) is 19.6. The molecule has 0 saturated carbocycles. The van der Waals surface area contributed by atoms with Crippen LogP contribution >= 0.6 is 0 Å². The number of nitrogens with zero attached hydrogens (tertiary/aromatic N) is 2. The van der Waals surface area contributed by atoms with Crippen LogP contribution in [0.25, 0.3) is 21.9 Å². The van der Waals surface area contributed by atoms with Crippen molar-refractivity contribution in [3.8, 4) is 6.07 Å². The molecule has 3 rings (SSSR count). The first-order valence-corrected chi connectivity index (χ1v) is 8.52. The van der Waals surface area contributed by atoms with Crippen LogP contribution in [0.2, 0.25) is 0 Å². The van der Waals surface area contributed by atoms with Crippen molar-refractivity contribution < 1.29 is 18.3 Å². The summed E-state index contributed by atoms with van der Waals surface area (Å²) in [5, 5.41) is 11.0. The summed E-state index contributed by atoms with van der Waals surface area (Å²) < 4.78 is 24.2. The van der Waals surface area contributed by atoms with E-state index >= 15 is 0 Å². The topological polar surface area (TPSA) is 75.6 Å². The van der Waals surface area contributed by atoms with Gasteiger partial charge < -0.3 is 9.15 Å². The lowest BCUT2D eigenvalue weighted by molar-refractivity contribution is 0.0604. The van der Waals surface area contributed by atoms with Crippen LogP contribution in [0.5, 0.6) is 0 Å². The molecule has 3 aromatic rings. The summed E-state index contributed by atoms with van der Waals surface area (Å²) in [6, 6.07) is 12.1. The van der Waals surface area contributed by atoms with Crippen LogP contribution in [0.15, 0.2) is 45.8 Å². The van der Waals surface area contributed by atoms with E-state index in [-0.39, 0.29) is 5.82 Å². The minimum absolute atomic E-state index is 0.357. The van der Waals surface area contributed by atoms with Crippen LogP contribution in [0, 0.1) is 23.1 Å². The van der Waals surface area contributed by atoms with Gasteiger partial charge in [-0.2, -0.15) is 10.3 Å². The van der Waals surface area contributed by atoms with Crippen LogP contribution in [0.4, 0.5) is 9.18 Å². The summed E-state index contributed by atoms with van der Waals surface area (Å²) >= 11 is 0. The van der Waals surface area contributed by atoms with Gasteiger partial charge in [-0.1, -0.05) is 12.1 Å². The Morgan fingerprint density at radius 2 is 1.93 bits per heavy atom. The number of carbonyl (C=O) groups is 1. The molecule has 6 heteroatoms. The van der Waals surface area contributed by atoms with Gasteiger partial charge >= 0.3 is 6.09 Å². The van der Waals surface area contributed by atoms with Gasteiger partial charge in [-0.3, -0.25) is 0 Å². The molecular formula is C21H19FN2O3. The summed E-state index contributed by atoms with van der Waals surface area (Å²) in [6.07, 6.45) is 0.939. The number of aliphatic imine (C=N–C) groups is 1. The number of hydrogen-bond acceptors (Lipinski definition) is 4. The third-order valence-corrected chi connectivity index (χ3v) is 3.87. The van der Waals surface area contributed by atoms with Gasteiger partial charge in [0.15, 0.2) is 0 Å². The molecule has 138 valence electrons. The molecule has 5 nitrogen and oxygen atoms in total. The molecule has 0 N–H and O–H groups in total. The summed E-state index contributed by atoms with van der Waals surface area (Å²) in [7, 11) is 0. The van der Waals surface area contributed by atoms with Crippen LogP contribution in [0.3, 0.4) is 0 Å². The fourth-order valence-electron chi connectivity index (χ4n) is 2.75. The van der Waals surface area contributed by atoms with Crippen molar-refractivity contribution in [3.63, 3.8) is 0 Å². The number of ether oxygens (including phenoxy) is 1. The van der Waals surface area contributed by atoms with Gasteiger partial charge in [0.05, 0.1) is 12.0 Å². The second kappa shape index (κ2) is 7.20. The zero-order valence-electron chi connectivity index (χ0n) is 15.3. The maximum atomic E-state index is 13.4. The van der Waals surface area contributed by atoms with Gasteiger partial charge in [-0.05, 0) is 51.0 Å². The predicted octanol–water partition coefficient (Wildman–Crippen LogP) is 5.41. The Kier molecular flexibility index (Phi) is 4.95. The van der Waals surface area contributed by atoms with Gasteiger partial charge in [-0.25, -0.2) is 9.18 Å². The second-order valence-electron chi connectivity index (χ2n) is 7.27. The molecule has 27 heavy (non-hydrogen) atoms. The van der Waals surface area contributed by atoms with E-state index in [1.54, 1.807) is 26.8 Å². The SMILES string of the molecule is CC(C)(C)OC(=O)/N=C\C(C#N)Cc1ccc2c(c1)oc1cc(F)ccc12. The highest BCUT2D eigenvalue weighted by atomic mass is 19.1. The summed E-state index contributed by atoms with van der Waals surface area (Å²) in [5.41, 5.74) is 1.31. The Hall–Kier alpha value is -3.20. The lowest BCUT2D eigenvalue weighted by Gasteiger charge is -2.17. The number of carbonyl (C=O) groups excluding carboxylic acids is 1. The van der Waals surface area contributed by atoms with E-state index < -0.39 is 17.6 Å². The third kappa shape index (κ3) is 4.50. The Balaban J connectivity index is 1.79. The van der Waals surface area contributed by atoms with Gasteiger partial charge in [0.1, 0.15) is 22.6 Å². The maximum absolute atomic E-state index is 13.4. The number of halogens is 1. The minimum Gasteiger partial charge on any atom is -0.456 e. The molecule has 1 atom stereocenters. The van der Waals surface area contributed by atoms with Crippen molar-refractivity contribution in [3.05, 3.63) is 47.8 Å². The molecule has 0 spiro atoms. The largest absolute Gasteiger partial charge is 0.456 e. The smallest absolute Gasteiger partial charge is 0.433 e. The van der Waals surface area contributed by atoms with Gasteiger partial charge in [0.2, 0.25) is 0 Å². The fourth-order valence-corrected chi connectivity index (χ4v) is 2.75. The molecule has 0 bridgehead atoms. The van der Waals surface area contributed by atoms with Crippen molar-refractivity contribution in [1.82, 2.24) is 0 Å². The highest BCUT2D eigenvalue weighted by Gasteiger charge is 2.16. The van der Waals surface area contributed by atoms with E-state index in [0.29, 0.717) is 17.6 Å². The lowest BCUT2D eigenvalue weighted by atomic mass is 10.0. The van der Waals surface area contributed by atoms with Crippen molar-refractivity contribution in [2.75, 3.05) is 0 Å². The monoisotopic (exact) mass is 366 g/mol. The van der Waals surface area contributed by atoms with Crippen LogP contribution in [-0.2, 0) is 11.2 Å². The first-order valence-electron chi connectivity index (χ1n) is 8.52. The molecule has 0 aliphatic rings. The quantitative estimate of drug-likeness (QED) is 0.581. The molecule has 1 aromatic heterocycles. The Labute approximate surface area is 156 Å². The minimum atomic E-state index is -0.725. The van der Waals surface area contributed by atoms with Crippen molar-refractivity contribution >= 4 is 34.2 Å². The number of furan rings is 1. The van der Waals surface area contributed by atoms with Gasteiger partial charge in [0.25, 0.3) is 0 Å². The molecule has 1 unspecified atom stereocenters. The number of fused-ring (bicyclic) bond motifs is 3. The van der Waals surface area contributed by atoms with Crippen LogP contribution < -0.4 is 0 Å². The molecule has 0 radical (unpaired) electrons. The Bertz CT molecular complexity index is 1070.